The average Bonchev–Trinajstić information content (AvgIpc) is 2.34. The van der Waals surface area contributed by atoms with E-state index in [0.29, 0.717) is 13.0 Å². The molecule has 1 aromatic rings. The molecule has 0 bridgehead atoms. The van der Waals surface area contributed by atoms with Crippen LogP contribution in [0.4, 0.5) is 0 Å². The minimum atomic E-state index is -0.942. The van der Waals surface area contributed by atoms with E-state index in [9.17, 15) is 9.59 Å². The van der Waals surface area contributed by atoms with Gasteiger partial charge in [0, 0.05) is 25.1 Å². The maximum Gasteiger partial charge on any atom is 0.335 e. The molecule has 0 amide bonds. The lowest BCUT2D eigenvalue weighted by Crippen LogP contribution is -2.32. The quantitative estimate of drug-likeness (QED) is 0.805. The second-order valence-corrected chi connectivity index (χ2v) is 4.51. The molecule has 1 fully saturated rings. The van der Waals surface area contributed by atoms with Crippen LogP contribution in [0, 0.1) is 0 Å². The van der Waals surface area contributed by atoms with Crippen LogP contribution < -0.4 is 0 Å². The molecule has 1 saturated heterocycles. The van der Waals surface area contributed by atoms with Crippen molar-refractivity contribution in [2.24, 2.45) is 0 Å². The Morgan fingerprint density at radius 2 is 2.00 bits per heavy atom. The van der Waals surface area contributed by atoms with E-state index in [1.165, 1.54) is 0 Å². The maximum absolute atomic E-state index is 11.7. The van der Waals surface area contributed by atoms with Gasteiger partial charge in [0.1, 0.15) is 0 Å². The summed E-state index contributed by atoms with van der Waals surface area (Å²) in [6.07, 6.45) is 2.39. The zero-order chi connectivity index (χ0) is 13.1. The molecule has 0 atom stereocenters. The van der Waals surface area contributed by atoms with Crippen molar-refractivity contribution in [1.29, 1.82) is 0 Å². The minimum Gasteiger partial charge on any atom is -0.478 e. The summed E-state index contributed by atoms with van der Waals surface area (Å²) in [6.45, 7) is 1.45. The molecule has 0 unspecified atom stereocenters. The SMILES string of the molecule is CN1CCC(=O)C(=Cc2ccc(C(=O)O)cc2)C1. The lowest BCUT2D eigenvalue weighted by Gasteiger charge is -2.23. The van der Waals surface area contributed by atoms with Gasteiger partial charge < -0.3 is 10.0 Å². The Labute approximate surface area is 106 Å². The molecule has 1 aliphatic heterocycles. The predicted molar refractivity (Wildman–Crippen MR) is 68.5 cm³/mol. The number of piperidine rings is 1. The molecule has 94 valence electrons. The van der Waals surface area contributed by atoms with E-state index in [2.05, 4.69) is 4.90 Å². The van der Waals surface area contributed by atoms with E-state index in [4.69, 9.17) is 5.11 Å². The van der Waals surface area contributed by atoms with Crippen LogP contribution in [0.5, 0.6) is 0 Å². The molecule has 1 heterocycles. The molecule has 0 spiro atoms. The largest absolute Gasteiger partial charge is 0.478 e. The number of carboxylic acid groups (broad SMARTS) is 1. The molecule has 0 saturated carbocycles. The fourth-order valence-corrected chi connectivity index (χ4v) is 1.96. The fraction of sp³-hybridized carbons (Fsp3) is 0.286. The number of likely N-dealkylation sites (N-methyl/N-ethyl adjacent to an activating group) is 1. The normalized spacial score (nSPS) is 19.2. The summed E-state index contributed by atoms with van der Waals surface area (Å²) in [5, 5.41) is 8.80. The first-order valence-electron chi connectivity index (χ1n) is 5.82. The number of carboxylic acids is 1. The highest BCUT2D eigenvalue weighted by Gasteiger charge is 2.18. The Bertz CT molecular complexity index is 502. The maximum atomic E-state index is 11.7. The van der Waals surface area contributed by atoms with Gasteiger partial charge in [-0.05, 0) is 30.8 Å². The third kappa shape index (κ3) is 2.84. The standard InChI is InChI=1S/C14H15NO3/c1-15-7-6-13(16)12(9-15)8-10-2-4-11(5-3-10)14(17)18/h2-5,8H,6-7,9H2,1H3,(H,17,18). The third-order valence-corrected chi connectivity index (χ3v) is 3.02. The van der Waals surface area contributed by atoms with Crippen molar-refractivity contribution < 1.29 is 14.7 Å². The molecule has 1 aromatic carbocycles. The lowest BCUT2D eigenvalue weighted by atomic mass is 10.0. The van der Waals surface area contributed by atoms with E-state index in [1.807, 2.05) is 13.1 Å². The Hall–Kier alpha value is -1.94. The Kier molecular flexibility index (Phi) is 3.58. The van der Waals surface area contributed by atoms with Gasteiger partial charge in [-0.1, -0.05) is 12.1 Å². The molecule has 4 nitrogen and oxygen atoms in total. The number of carbonyl (C=O) groups is 2. The third-order valence-electron chi connectivity index (χ3n) is 3.02. The summed E-state index contributed by atoms with van der Waals surface area (Å²) >= 11 is 0. The monoisotopic (exact) mass is 245 g/mol. The molecule has 0 aromatic heterocycles. The molecule has 18 heavy (non-hydrogen) atoms. The van der Waals surface area contributed by atoms with Crippen LogP contribution in [0.3, 0.4) is 0 Å². The zero-order valence-corrected chi connectivity index (χ0v) is 10.2. The van der Waals surface area contributed by atoms with Gasteiger partial charge in [0.05, 0.1) is 5.56 Å². The van der Waals surface area contributed by atoms with E-state index in [0.717, 1.165) is 17.7 Å². The zero-order valence-electron chi connectivity index (χ0n) is 10.2. The van der Waals surface area contributed by atoms with Crippen LogP contribution in [0.25, 0.3) is 6.08 Å². The van der Waals surface area contributed by atoms with Crippen molar-refractivity contribution in [3.8, 4) is 0 Å². The van der Waals surface area contributed by atoms with Crippen molar-refractivity contribution >= 4 is 17.8 Å². The topological polar surface area (TPSA) is 57.6 Å². The highest BCUT2D eigenvalue weighted by Crippen LogP contribution is 2.15. The lowest BCUT2D eigenvalue weighted by molar-refractivity contribution is -0.117. The summed E-state index contributed by atoms with van der Waals surface area (Å²) in [7, 11) is 1.98. The van der Waals surface area contributed by atoms with Crippen LogP contribution in [-0.2, 0) is 4.79 Å². The van der Waals surface area contributed by atoms with Gasteiger partial charge in [0.25, 0.3) is 0 Å². The number of likely N-dealkylation sites (tertiary alicyclic amines) is 1. The van der Waals surface area contributed by atoms with Crippen molar-refractivity contribution in [2.75, 3.05) is 20.1 Å². The van der Waals surface area contributed by atoms with Gasteiger partial charge in [-0.25, -0.2) is 4.79 Å². The van der Waals surface area contributed by atoms with E-state index >= 15 is 0 Å². The van der Waals surface area contributed by atoms with Crippen molar-refractivity contribution in [2.45, 2.75) is 6.42 Å². The summed E-state index contributed by atoms with van der Waals surface area (Å²) < 4.78 is 0. The molecular formula is C14H15NO3. The molecule has 0 radical (unpaired) electrons. The Balaban J connectivity index is 2.21. The number of carbonyl (C=O) groups excluding carboxylic acids is 1. The number of nitrogens with zero attached hydrogens (tertiary/aromatic N) is 1. The number of rotatable bonds is 2. The summed E-state index contributed by atoms with van der Waals surface area (Å²) in [5.74, 6) is -0.766. The first-order chi connectivity index (χ1) is 8.56. The van der Waals surface area contributed by atoms with Crippen molar-refractivity contribution in [1.82, 2.24) is 4.90 Å². The minimum absolute atomic E-state index is 0.176. The molecule has 0 aliphatic carbocycles. The molecular weight excluding hydrogens is 230 g/mol. The van der Waals surface area contributed by atoms with E-state index < -0.39 is 5.97 Å². The second kappa shape index (κ2) is 5.14. The van der Waals surface area contributed by atoms with Crippen molar-refractivity contribution in [3.63, 3.8) is 0 Å². The van der Waals surface area contributed by atoms with Gasteiger partial charge >= 0.3 is 5.97 Å². The average molecular weight is 245 g/mol. The van der Waals surface area contributed by atoms with Crippen LogP contribution in [-0.4, -0.2) is 41.9 Å². The molecule has 4 heteroatoms. The number of hydrogen-bond acceptors (Lipinski definition) is 3. The van der Waals surface area contributed by atoms with Crippen LogP contribution in [0.1, 0.15) is 22.3 Å². The first kappa shape index (κ1) is 12.5. The molecule has 1 N–H and O–H groups in total. The van der Waals surface area contributed by atoms with E-state index in [1.54, 1.807) is 24.3 Å². The number of hydrogen-bond donors (Lipinski definition) is 1. The summed E-state index contributed by atoms with van der Waals surface area (Å²) in [4.78, 5) is 24.5. The van der Waals surface area contributed by atoms with Gasteiger partial charge in [-0.2, -0.15) is 0 Å². The van der Waals surface area contributed by atoms with Crippen LogP contribution in [0.2, 0.25) is 0 Å². The summed E-state index contributed by atoms with van der Waals surface area (Å²) in [6, 6.07) is 6.54. The van der Waals surface area contributed by atoms with Crippen molar-refractivity contribution in [3.05, 3.63) is 41.0 Å². The van der Waals surface area contributed by atoms with Crippen LogP contribution in [0.15, 0.2) is 29.8 Å². The number of ketones is 1. The number of Topliss-reactive ketones (excluding diaryl/α,β-unsaturated/α-hetero) is 1. The molecule has 1 aliphatic rings. The smallest absolute Gasteiger partial charge is 0.335 e. The second-order valence-electron chi connectivity index (χ2n) is 4.51. The highest BCUT2D eigenvalue weighted by molar-refractivity contribution is 6.00. The Morgan fingerprint density at radius 1 is 1.33 bits per heavy atom. The predicted octanol–water partition coefficient (Wildman–Crippen LogP) is 1.67. The Morgan fingerprint density at radius 3 is 2.61 bits per heavy atom. The fourth-order valence-electron chi connectivity index (χ4n) is 1.96. The number of benzene rings is 1. The highest BCUT2D eigenvalue weighted by atomic mass is 16.4. The van der Waals surface area contributed by atoms with Gasteiger partial charge in [0.2, 0.25) is 0 Å². The summed E-state index contributed by atoms with van der Waals surface area (Å²) in [5.41, 5.74) is 1.90. The first-order valence-corrected chi connectivity index (χ1v) is 5.82. The molecule has 2 rings (SSSR count). The van der Waals surface area contributed by atoms with Gasteiger partial charge in [-0.3, -0.25) is 4.79 Å². The van der Waals surface area contributed by atoms with Gasteiger partial charge in [-0.15, -0.1) is 0 Å². The van der Waals surface area contributed by atoms with Gasteiger partial charge in [0.15, 0.2) is 5.78 Å². The number of aromatic carboxylic acids is 1. The van der Waals surface area contributed by atoms with E-state index in [-0.39, 0.29) is 11.3 Å². The van der Waals surface area contributed by atoms with Crippen LogP contribution >= 0.6 is 0 Å².